The summed E-state index contributed by atoms with van der Waals surface area (Å²) in [5.74, 6) is -0.0745. The van der Waals surface area contributed by atoms with Gasteiger partial charge in [-0.15, -0.1) is 0 Å². The van der Waals surface area contributed by atoms with Gasteiger partial charge in [0.1, 0.15) is 0 Å². The standard InChI is InChI=1S/C19H20N2O4S/c1-13-11-20(12-22)19-10-16(6-9-18(19)21(13)14(2)23)15-4-7-17(8-5-15)26(3,24)25/h4-10,12-13H,11H2,1-3H3/t13-/m0/s1. The summed E-state index contributed by atoms with van der Waals surface area (Å²) in [4.78, 5) is 27.1. The summed E-state index contributed by atoms with van der Waals surface area (Å²) in [5, 5.41) is 0. The second-order valence-electron chi connectivity index (χ2n) is 6.50. The van der Waals surface area contributed by atoms with Crippen molar-refractivity contribution in [1.29, 1.82) is 0 Å². The Morgan fingerprint density at radius 1 is 1.08 bits per heavy atom. The highest BCUT2D eigenvalue weighted by molar-refractivity contribution is 7.90. The molecule has 0 unspecified atom stereocenters. The van der Waals surface area contributed by atoms with Gasteiger partial charge >= 0.3 is 0 Å². The number of rotatable bonds is 3. The zero-order valence-electron chi connectivity index (χ0n) is 14.8. The fraction of sp³-hybridized carbons (Fsp3) is 0.263. The fourth-order valence-electron chi connectivity index (χ4n) is 3.31. The molecule has 1 aliphatic rings. The van der Waals surface area contributed by atoms with Gasteiger partial charge in [-0.2, -0.15) is 0 Å². The van der Waals surface area contributed by atoms with Crippen LogP contribution in [0.5, 0.6) is 0 Å². The third-order valence-corrected chi connectivity index (χ3v) is 5.66. The normalized spacial score (nSPS) is 17.0. The van der Waals surface area contributed by atoms with Crippen molar-refractivity contribution in [2.75, 3.05) is 22.6 Å². The van der Waals surface area contributed by atoms with E-state index in [1.807, 2.05) is 25.1 Å². The van der Waals surface area contributed by atoms with Crippen LogP contribution in [0.2, 0.25) is 0 Å². The molecule has 0 fully saturated rings. The molecule has 0 saturated carbocycles. The van der Waals surface area contributed by atoms with Gasteiger partial charge in [0.2, 0.25) is 12.3 Å². The lowest BCUT2D eigenvalue weighted by Gasteiger charge is -2.39. The van der Waals surface area contributed by atoms with Crippen molar-refractivity contribution >= 4 is 33.5 Å². The number of fused-ring (bicyclic) bond motifs is 1. The number of nitrogens with zero attached hydrogens (tertiary/aromatic N) is 2. The van der Waals surface area contributed by atoms with Gasteiger partial charge < -0.3 is 9.80 Å². The first-order valence-corrected chi connectivity index (χ1v) is 10.1. The zero-order valence-corrected chi connectivity index (χ0v) is 15.7. The van der Waals surface area contributed by atoms with E-state index in [0.29, 0.717) is 17.9 Å². The van der Waals surface area contributed by atoms with Gasteiger partial charge in [-0.1, -0.05) is 18.2 Å². The minimum Gasteiger partial charge on any atom is -0.311 e. The quantitative estimate of drug-likeness (QED) is 0.776. The van der Waals surface area contributed by atoms with Crippen LogP contribution in [0.4, 0.5) is 11.4 Å². The number of carbonyl (C=O) groups is 2. The third-order valence-electron chi connectivity index (χ3n) is 4.53. The molecule has 2 aromatic carbocycles. The number of hydrogen-bond donors (Lipinski definition) is 0. The molecule has 1 heterocycles. The fourth-order valence-corrected chi connectivity index (χ4v) is 3.94. The van der Waals surface area contributed by atoms with E-state index in [-0.39, 0.29) is 16.8 Å². The molecule has 1 atom stereocenters. The SMILES string of the molecule is CC(=O)N1c2ccc(-c3ccc(S(C)(=O)=O)cc3)cc2N(C=O)C[C@@H]1C. The lowest BCUT2D eigenvalue weighted by Crippen LogP contribution is -2.49. The summed E-state index contributed by atoms with van der Waals surface area (Å²) in [6, 6.07) is 12.0. The first kappa shape index (κ1) is 18.1. The summed E-state index contributed by atoms with van der Waals surface area (Å²) < 4.78 is 23.2. The van der Waals surface area contributed by atoms with Crippen LogP contribution >= 0.6 is 0 Å². The predicted molar refractivity (Wildman–Crippen MR) is 101 cm³/mol. The van der Waals surface area contributed by atoms with Crippen molar-refractivity contribution in [3.8, 4) is 11.1 Å². The smallest absolute Gasteiger partial charge is 0.224 e. The molecule has 7 heteroatoms. The Morgan fingerprint density at radius 3 is 2.23 bits per heavy atom. The first-order chi connectivity index (χ1) is 12.2. The highest BCUT2D eigenvalue weighted by Gasteiger charge is 2.30. The molecule has 2 amide bonds. The number of amides is 2. The summed E-state index contributed by atoms with van der Waals surface area (Å²) in [5.41, 5.74) is 3.03. The Kier molecular flexibility index (Phi) is 4.58. The topological polar surface area (TPSA) is 74.8 Å². The van der Waals surface area contributed by atoms with Crippen LogP contribution in [-0.2, 0) is 19.4 Å². The molecule has 26 heavy (non-hydrogen) atoms. The highest BCUT2D eigenvalue weighted by atomic mass is 32.2. The van der Waals surface area contributed by atoms with Gasteiger partial charge in [0.15, 0.2) is 9.84 Å². The number of anilines is 2. The maximum absolute atomic E-state index is 12.0. The maximum atomic E-state index is 12.0. The molecule has 3 rings (SSSR count). The molecular weight excluding hydrogens is 352 g/mol. The second kappa shape index (κ2) is 6.57. The number of hydrogen-bond acceptors (Lipinski definition) is 4. The minimum atomic E-state index is -3.25. The monoisotopic (exact) mass is 372 g/mol. The third kappa shape index (κ3) is 3.22. The summed E-state index contributed by atoms with van der Waals surface area (Å²) in [7, 11) is -3.25. The first-order valence-electron chi connectivity index (χ1n) is 8.18. The molecule has 0 radical (unpaired) electrons. The molecule has 0 aliphatic carbocycles. The van der Waals surface area contributed by atoms with Crippen LogP contribution < -0.4 is 9.80 Å². The van der Waals surface area contributed by atoms with Gasteiger partial charge in [-0.05, 0) is 42.3 Å². The van der Waals surface area contributed by atoms with E-state index in [1.165, 1.54) is 13.2 Å². The van der Waals surface area contributed by atoms with Crippen LogP contribution in [0.3, 0.4) is 0 Å². The van der Waals surface area contributed by atoms with Crippen LogP contribution in [0.1, 0.15) is 13.8 Å². The lowest BCUT2D eigenvalue weighted by molar-refractivity contribution is -0.117. The van der Waals surface area contributed by atoms with Crippen LogP contribution in [0.25, 0.3) is 11.1 Å². The Balaban J connectivity index is 2.07. The van der Waals surface area contributed by atoms with Crippen LogP contribution in [-0.4, -0.2) is 39.6 Å². The van der Waals surface area contributed by atoms with Crippen molar-refractivity contribution in [2.24, 2.45) is 0 Å². The summed E-state index contributed by atoms with van der Waals surface area (Å²) in [6.45, 7) is 3.83. The average Bonchev–Trinajstić information content (AvgIpc) is 2.59. The van der Waals surface area contributed by atoms with Crippen molar-refractivity contribution < 1.29 is 18.0 Å². The maximum Gasteiger partial charge on any atom is 0.224 e. The molecular formula is C19H20N2O4S. The van der Waals surface area contributed by atoms with Crippen LogP contribution in [0, 0.1) is 0 Å². The molecule has 0 spiro atoms. The Hall–Kier alpha value is -2.67. The van der Waals surface area contributed by atoms with Gasteiger partial charge in [-0.25, -0.2) is 8.42 Å². The van der Waals surface area contributed by atoms with E-state index >= 15 is 0 Å². The predicted octanol–water partition coefficient (Wildman–Crippen LogP) is 2.47. The molecule has 0 aromatic heterocycles. The van der Waals surface area contributed by atoms with Crippen molar-refractivity contribution in [2.45, 2.75) is 24.8 Å². The number of sulfone groups is 1. The van der Waals surface area contributed by atoms with Gasteiger partial charge in [0.05, 0.1) is 22.3 Å². The summed E-state index contributed by atoms with van der Waals surface area (Å²) in [6.07, 6.45) is 1.93. The van der Waals surface area contributed by atoms with Gasteiger partial charge in [-0.3, -0.25) is 9.59 Å². The second-order valence-corrected chi connectivity index (χ2v) is 8.51. The lowest BCUT2D eigenvalue weighted by atomic mass is 10.0. The van der Waals surface area contributed by atoms with Crippen LogP contribution in [0.15, 0.2) is 47.4 Å². The Labute approximate surface area is 153 Å². The largest absolute Gasteiger partial charge is 0.311 e. The van der Waals surface area contributed by atoms with E-state index in [1.54, 1.807) is 34.1 Å². The van der Waals surface area contributed by atoms with Gasteiger partial charge in [0, 0.05) is 19.7 Å². The van der Waals surface area contributed by atoms with Crippen molar-refractivity contribution in [3.05, 3.63) is 42.5 Å². The van der Waals surface area contributed by atoms with E-state index in [0.717, 1.165) is 17.5 Å². The number of carbonyl (C=O) groups excluding carboxylic acids is 2. The average molecular weight is 372 g/mol. The van der Waals surface area contributed by atoms with E-state index in [4.69, 9.17) is 0 Å². The van der Waals surface area contributed by atoms with E-state index in [2.05, 4.69) is 0 Å². The van der Waals surface area contributed by atoms with E-state index < -0.39 is 9.84 Å². The zero-order chi connectivity index (χ0) is 19.1. The molecule has 0 saturated heterocycles. The van der Waals surface area contributed by atoms with Crippen molar-refractivity contribution in [1.82, 2.24) is 0 Å². The molecule has 6 nitrogen and oxygen atoms in total. The minimum absolute atomic E-state index is 0.0745. The molecule has 2 aromatic rings. The Bertz CT molecular complexity index is 968. The molecule has 1 aliphatic heterocycles. The highest BCUT2D eigenvalue weighted by Crippen LogP contribution is 2.38. The molecule has 136 valence electrons. The number of benzene rings is 2. The Morgan fingerprint density at radius 2 is 1.69 bits per heavy atom. The van der Waals surface area contributed by atoms with Gasteiger partial charge in [0.25, 0.3) is 0 Å². The van der Waals surface area contributed by atoms with E-state index in [9.17, 15) is 18.0 Å². The summed E-state index contributed by atoms with van der Waals surface area (Å²) >= 11 is 0. The molecule has 0 bridgehead atoms. The molecule has 0 N–H and O–H groups in total. The van der Waals surface area contributed by atoms with Crippen molar-refractivity contribution in [3.63, 3.8) is 0 Å².